The number of hydrogen-bond acceptors (Lipinski definition) is 10. The molecule has 12 nitrogen and oxygen atoms in total. The molecule has 2 aliphatic rings. The van der Waals surface area contributed by atoms with Gasteiger partial charge in [-0.1, -0.05) is 30.3 Å². The van der Waals surface area contributed by atoms with Gasteiger partial charge in [0.1, 0.15) is 17.1 Å². The van der Waals surface area contributed by atoms with Gasteiger partial charge in [-0.25, -0.2) is 14.8 Å². The van der Waals surface area contributed by atoms with Gasteiger partial charge in [-0.2, -0.15) is 4.98 Å². The molecule has 0 spiro atoms. The number of morpholine rings is 1. The van der Waals surface area contributed by atoms with Gasteiger partial charge < -0.3 is 29.3 Å². The SMILES string of the molecule is CO[C@H]1CN(C(=O)OC(C)(C)C)C[C@@H]1Cn1c(=O)c(-c2ccccc2)cc2cnc(Nc3ccc(N4CCOCC4)nc3)nc21. The second-order valence-corrected chi connectivity index (χ2v) is 12.4. The summed E-state index contributed by atoms with van der Waals surface area (Å²) in [5.74, 6) is 1.06. The summed E-state index contributed by atoms with van der Waals surface area (Å²) in [4.78, 5) is 44.9. The summed E-state index contributed by atoms with van der Waals surface area (Å²) in [5.41, 5.74) is 1.77. The maximum Gasteiger partial charge on any atom is 0.410 e. The average molecular weight is 614 g/mol. The van der Waals surface area contributed by atoms with Gasteiger partial charge in [-0.3, -0.25) is 9.36 Å². The van der Waals surface area contributed by atoms with Gasteiger partial charge in [-0.15, -0.1) is 0 Å². The molecule has 1 N–H and O–H groups in total. The van der Waals surface area contributed by atoms with E-state index in [0.29, 0.717) is 50.0 Å². The molecule has 236 valence electrons. The van der Waals surface area contributed by atoms with Crippen molar-refractivity contribution in [3.8, 4) is 11.1 Å². The van der Waals surface area contributed by atoms with E-state index in [0.717, 1.165) is 35.5 Å². The number of nitrogens with zero attached hydrogens (tertiary/aromatic N) is 6. The summed E-state index contributed by atoms with van der Waals surface area (Å²) < 4.78 is 18.5. The van der Waals surface area contributed by atoms with Crippen LogP contribution in [-0.4, -0.2) is 88.7 Å². The normalized spacial score (nSPS) is 18.8. The average Bonchev–Trinajstić information content (AvgIpc) is 3.46. The minimum Gasteiger partial charge on any atom is -0.444 e. The number of pyridine rings is 2. The number of methoxy groups -OCH3 is 1. The highest BCUT2D eigenvalue weighted by atomic mass is 16.6. The molecule has 2 atom stereocenters. The summed E-state index contributed by atoms with van der Waals surface area (Å²) in [5, 5.41) is 3.96. The zero-order valence-electron chi connectivity index (χ0n) is 26.1. The van der Waals surface area contributed by atoms with Gasteiger partial charge in [0.25, 0.3) is 5.56 Å². The molecule has 2 aliphatic heterocycles. The van der Waals surface area contributed by atoms with E-state index in [1.54, 1.807) is 29.0 Å². The Morgan fingerprint density at radius 3 is 2.51 bits per heavy atom. The van der Waals surface area contributed by atoms with E-state index in [4.69, 9.17) is 19.2 Å². The molecule has 45 heavy (non-hydrogen) atoms. The molecule has 0 aliphatic carbocycles. The number of benzene rings is 1. The molecular formula is C33H39N7O5. The fourth-order valence-electron chi connectivity index (χ4n) is 5.78. The predicted molar refractivity (Wildman–Crippen MR) is 172 cm³/mol. The lowest BCUT2D eigenvalue weighted by Crippen LogP contribution is -2.36. The molecule has 0 unspecified atom stereocenters. The van der Waals surface area contributed by atoms with Gasteiger partial charge in [0.2, 0.25) is 5.95 Å². The molecule has 3 aromatic heterocycles. The molecule has 12 heteroatoms. The Kier molecular flexibility index (Phi) is 8.68. The van der Waals surface area contributed by atoms with Crippen LogP contribution in [0.3, 0.4) is 0 Å². The van der Waals surface area contributed by atoms with Crippen molar-refractivity contribution in [1.29, 1.82) is 0 Å². The Morgan fingerprint density at radius 1 is 1.04 bits per heavy atom. The lowest BCUT2D eigenvalue weighted by molar-refractivity contribution is 0.0251. The predicted octanol–water partition coefficient (Wildman–Crippen LogP) is 4.32. The van der Waals surface area contributed by atoms with E-state index >= 15 is 0 Å². The van der Waals surface area contributed by atoms with Gasteiger partial charge in [0, 0.05) is 56.4 Å². The number of amides is 1. The van der Waals surface area contributed by atoms with E-state index < -0.39 is 11.7 Å². The van der Waals surface area contributed by atoms with E-state index in [1.807, 2.05) is 69.3 Å². The maximum atomic E-state index is 14.1. The van der Waals surface area contributed by atoms with E-state index in [1.165, 1.54) is 0 Å². The second-order valence-electron chi connectivity index (χ2n) is 12.4. The molecule has 0 bridgehead atoms. The summed E-state index contributed by atoms with van der Waals surface area (Å²) in [6.07, 6.45) is 2.79. The van der Waals surface area contributed by atoms with Crippen molar-refractivity contribution in [1.82, 2.24) is 24.4 Å². The van der Waals surface area contributed by atoms with Crippen molar-refractivity contribution in [2.24, 2.45) is 5.92 Å². The molecule has 4 aromatic rings. The third-order valence-corrected chi connectivity index (χ3v) is 8.00. The number of anilines is 3. The van der Waals surface area contributed by atoms with Crippen molar-refractivity contribution < 1.29 is 19.0 Å². The van der Waals surface area contributed by atoms with Crippen LogP contribution in [-0.2, 0) is 20.8 Å². The number of fused-ring (bicyclic) bond motifs is 1. The van der Waals surface area contributed by atoms with Gasteiger partial charge >= 0.3 is 6.09 Å². The Balaban J connectivity index is 1.32. The maximum absolute atomic E-state index is 14.1. The van der Waals surface area contributed by atoms with Crippen LogP contribution in [0.5, 0.6) is 0 Å². The topological polar surface area (TPSA) is 124 Å². The van der Waals surface area contributed by atoms with Gasteiger partial charge in [0.05, 0.1) is 37.7 Å². The summed E-state index contributed by atoms with van der Waals surface area (Å²) in [7, 11) is 1.63. The van der Waals surface area contributed by atoms with E-state index in [9.17, 15) is 9.59 Å². The molecule has 2 saturated heterocycles. The molecule has 6 rings (SSSR count). The number of carbonyl (C=O) groups excluding carboxylic acids is 1. The molecule has 0 radical (unpaired) electrons. The second kappa shape index (κ2) is 12.8. The van der Waals surface area contributed by atoms with Crippen molar-refractivity contribution in [2.75, 3.05) is 56.7 Å². The van der Waals surface area contributed by atoms with Gasteiger partial charge in [0.15, 0.2) is 0 Å². The van der Waals surface area contributed by atoms with E-state index in [2.05, 4.69) is 20.2 Å². The summed E-state index contributed by atoms with van der Waals surface area (Å²) in [6.45, 7) is 9.54. The first-order valence-corrected chi connectivity index (χ1v) is 15.2. The first-order valence-electron chi connectivity index (χ1n) is 15.2. The number of carbonyl (C=O) groups is 1. The molecular weight excluding hydrogens is 574 g/mol. The molecule has 2 fully saturated rings. The highest BCUT2D eigenvalue weighted by Crippen LogP contribution is 2.27. The number of aromatic nitrogens is 4. The quantitative estimate of drug-likeness (QED) is 0.322. The lowest BCUT2D eigenvalue weighted by Gasteiger charge is -2.27. The molecule has 5 heterocycles. The third-order valence-electron chi connectivity index (χ3n) is 8.00. The summed E-state index contributed by atoms with van der Waals surface area (Å²) >= 11 is 0. The van der Waals surface area contributed by atoms with Crippen LogP contribution in [0.1, 0.15) is 20.8 Å². The van der Waals surface area contributed by atoms with Crippen molar-refractivity contribution in [3.05, 3.63) is 71.3 Å². The van der Waals surface area contributed by atoms with Crippen LogP contribution in [0.15, 0.2) is 65.7 Å². The fourth-order valence-corrected chi connectivity index (χ4v) is 5.78. The molecule has 1 amide bonds. The third kappa shape index (κ3) is 6.91. The number of nitrogens with one attached hydrogen (secondary N) is 1. The summed E-state index contributed by atoms with van der Waals surface area (Å²) in [6, 6.07) is 15.3. The van der Waals surface area contributed by atoms with Crippen LogP contribution in [0.2, 0.25) is 0 Å². The zero-order chi connectivity index (χ0) is 31.6. The van der Waals surface area contributed by atoms with Gasteiger partial charge in [-0.05, 0) is 44.5 Å². The lowest BCUT2D eigenvalue weighted by atomic mass is 10.0. The largest absolute Gasteiger partial charge is 0.444 e. The van der Waals surface area contributed by atoms with Crippen molar-refractivity contribution in [3.63, 3.8) is 0 Å². The number of ether oxygens (including phenoxy) is 3. The minimum absolute atomic E-state index is 0.169. The Labute approximate surface area is 262 Å². The standard InChI is InChI=1S/C33H39N7O5/c1-33(2,3)45-32(42)39-19-24(27(21-39)43-4)20-40-29-23(16-26(30(40)41)22-8-6-5-7-9-22)17-35-31(37-29)36-25-10-11-28(34-18-25)38-12-14-44-15-13-38/h5-11,16-18,24,27H,12-15,19-21H2,1-4H3,(H,35,36,37)/t24-,27+/m1/s1. The highest BCUT2D eigenvalue weighted by molar-refractivity contribution is 5.82. The van der Waals surface area contributed by atoms with Crippen LogP contribution < -0.4 is 15.8 Å². The molecule has 0 saturated carbocycles. The number of rotatable bonds is 7. The van der Waals surface area contributed by atoms with Crippen molar-refractivity contribution in [2.45, 2.75) is 39.0 Å². The monoisotopic (exact) mass is 613 g/mol. The highest BCUT2D eigenvalue weighted by Gasteiger charge is 2.38. The van der Waals surface area contributed by atoms with E-state index in [-0.39, 0.29) is 17.6 Å². The Hall–Kier alpha value is -4.55. The first-order chi connectivity index (χ1) is 21.7. The Bertz CT molecular complexity index is 1700. The Morgan fingerprint density at radius 2 is 1.82 bits per heavy atom. The van der Waals surface area contributed by atoms with Crippen molar-refractivity contribution >= 4 is 34.6 Å². The zero-order valence-corrected chi connectivity index (χ0v) is 26.1. The molecule has 1 aromatic carbocycles. The smallest absolute Gasteiger partial charge is 0.410 e. The van der Waals surface area contributed by atoms with Crippen LogP contribution in [0.4, 0.5) is 22.2 Å². The number of hydrogen-bond donors (Lipinski definition) is 1. The van der Waals surface area contributed by atoms with Crippen LogP contribution in [0, 0.1) is 5.92 Å². The van der Waals surface area contributed by atoms with Crippen LogP contribution >= 0.6 is 0 Å². The van der Waals surface area contributed by atoms with Crippen LogP contribution in [0.25, 0.3) is 22.2 Å². The fraction of sp³-hybridized carbons (Fsp3) is 0.424. The first kappa shape index (κ1) is 30.5. The minimum atomic E-state index is -0.617. The number of likely N-dealkylation sites (tertiary alicyclic amines) is 1.